The number of aryl methyl sites for hydroxylation is 1. The average molecular weight is 380 g/mol. The van der Waals surface area contributed by atoms with Crippen LogP contribution in [-0.4, -0.2) is 34.1 Å². The van der Waals surface area contributed by atoms with Gasteiger partial charge in [0.1, 0.15) is 17.0 Å². The summed E-state index contributed by atoms with van der Waals surface area (Å²) >= 11 is 0. The summed E-state index contributed by atoms with van der Waals surface area (Å²) in [5.74, 6) is 1.72. The molecule has 3 heterocycles. The molecule has 2 fully saturated rings. The number of benzene rings is 1. The third-order valence-electron chi connectivity index (χ3n) is 5.60. The molecule has 1 saturated heterocycles. The Kier molecular flexibility index (Phi) is 3.29. The van der Waals surface area contributed by atoms with Crippen LogP contribution < -0.4 is 19.7 Å². The first-order chi connectivity index (χ1) is 13.3. The fourth-order valence-corrected chi connectivity index (χ4v) is 3.80. The number of ether oxygens (including phenoxy) is 2. The van der Waals surface area contributed by atoms with Crippen LogP contribution in [0.1, 0.15) is 37.8 Å². The number of nitrogens with zero attached hydrogens (tertiary/aromatic N) is 3. The lowest BCUT2D eigenvalue weighted by Crippen LogP contribution is -2.40. The number of imide groups is 1. The topological polar surface area (TPSA) is 93.7 Å². The van der Waals surface area contributed by atoms with Crippen LogP contribution in [0.5, 0.6) is 17.2 Å². The van der Waals surface area contributed by atoms with Crippen molar-refractivity contribution in [2.45, 2.75) is 44.6 Å². The van der Waals surface area contributed by atoms with E-state index >= 15 is 0 Å². The highest BCUT2D eigenvalue weighted by molar-refractivity contribution is 6.22. The van der Waals surface area contributed by atoms with Crippen molar-refractivity contribution in [2.24, 2.45) is 0 Å². The zero-order valence-electron chi connectivity index (χ0n) is 15.9. The maximum Gasteiger partial charge on any atom is 0.332 e. The SMILES string of the molecule is Cc1ccc(Oc2cnc(N3C(=O)NC(C)(C)C3=O)nc2)c2c1OCC21CC1. The van der Waals surface area contributed by atoms with Gasteiger partial charge in [0, 0.05) is 11.0 Å². The molecule has 8 nitrogen and oxygen atoms in total. The quantitative estimate of drug-likeness (QED) is 0.823. The van der Waals surface area contributed by atoms with Gasteiger partial charge < -0.3 is 14.8 Å². The van der Waals surface area contributed by atoms with E-state index in [4.69, 9.17) is 9.47 Å². The van der Waals surface area contributed by atoms with Gasteiger partial charge in [0.15, 0.2) is 5.75 Å². The lowest BCUT2D eigenvalue weighted by Gasteiger charge is -2.15. The van der Waals surface area contributed by atoms with E-state index in [2.05, 4.69) is 15.3 Å². The summed E-state index contributed by atoms with van der Waals surface area (Å²) in [6.45, 7) is 6.00. The van der Waals surface area contributed by atoms with Gasteiger partial charge in [0.2, 0.25) is 5.95 Å². The molecule has 5 rings (SSSR count). The standard InChI is InChI=1S/C20H20N4O4/c1-11-4-5-13(14-15(11)27-10-20(14)6-7-20)28-12-8-21-17(22-9-12)24-16(25)19(2,3)23-18(24)26/h4-5,8-9H,6-7,10H2,1-3H3,(H,23,26). The van der Waals surface area contributed by atoms with Crippen molar-refractivity contribution < 1.29 is 19.1 Å². The van der Waals surface area contributed by atoms with Gasteiger partial charge >= 0.3 is 6.03 Å². The van der Waals surface area contributed by atoms with Crippen molar-refractivity contribution in [2.75, 3.05) is 11.5 Å². The van der Waals surface area contributed by atoms with Crippen molar-refractivity contribution in [1.29, 1.82) is 0 Å². The second-order valence-electron chi connectivity index (χ2n) is 8.17. The van der Waals surface area contributed by atoms with Gasteiger partial charge in [-0.25, -0.2) is 14.8 Å². The Bertz CT molecular complexity index is 1010. The van der Waals surface area contributed by atoms with Crippen LogP contribution in [0, 0.1) is 6.92 Å². The highest BCUT2D eigenvalue weighted by Crippen LogP contribution is 2.59. The zero-order valence-corrected chi connectivity index (χ0v) is 15.9. The Morgan fingerprint density at radius 1 is 1.18 bits per heavy atom. The molecule has 2 aromatic rings. The van der Waals surface area contributed by atoms with Gasteiger partial charge in [-0.05, 0) is 45.2 Å². The lowest BCUT2D eigenvalue weighted by atomic mass is 9.95. The molecule has 0 atom stereocenters. The van der Waals surface area contributed by atoms with E-state index in [0.29, 0.717) is 12.4 Å². The lowest BCUT2D eigenvalue weighted by molar-refractivity contribution is -0.121. The number of nitrogens with one attached hydrogen (secondary N) is 1. The second-order valence-corrected chi connectivity index (χ2v) is 8.17. The summed E-state index contributed by atoms with van der Waals surface area (Å²) < 4.78 is 12.0. The smallest absolute Gasteiger partial charge is 0.332 e. The van der Waals surface area contributed by atoms with Gasteiger partial charge in [-0.1, -0.05) is 6.07 Å². The number of rotatable bonds is 3. The third kappa shape index (κ3) is 2.37. The molecule has 1 aliphatic carbocycles. The van der Waals surface area contributed by atoms with Crippen molar-refractivity contribution in [3.05, 3.63) is 35.7 Å². The molecule has 3 aliphatic rings. The number of fused-ring (bicyclic) bond motifs is 2. The minimum atomic E-state index is -0.976. The van der Waals surface area contributed by atoms with Gasteiger partial charge in [0.25, 0.3) is 5.91 Å². The number of carbonyl (C=O) groups excluding carboxylic acids is 2. The van der Waals surface area contributed by atoms with Gasteiger partial charge in [-0.2, -0.15) is 4.90 Å². The van der Waals surface area contributed by atoms with Crippen LogP contribution in [0.4, 0.5) is 10.7 Å². The zero-order chi connectivity index (χ0) is 19.7. The number of hydrogen-bond acceptors (Lipinski definition) is 6. The van der Waals surface area contributed by atoms with Crippen LogP contribution in [0.3, 0.4) is 0 Å². The average Bonchev–Trinajstić information content (AvgIpc) is 3.26. The maximum absolute atomic E-state index is 12.4. The van der Waals surface area contributed by atoms with Crippen LogP contribution in [0.2, 0.25) is 0 Å². The Morgan fingerprint density at radius 2 is 1.89 bits per heavy atom. The number of hydrogen-bond donors (Lipinski definition) is 1. The molecule has 3 amide bonds. The minimum absolute atomic E-state index is 0.0246. The molecule has 0 unspecified atom stereocenters. The Morgan fingerprint density at radius 3 is 2.50 bits per heavy atom. The Hall–Kier alpha value is -3.16. The summed E-state index contributed by atoms with van der Waals surface area (Å²) in [5, 5.41) is 2.61. The fraction of sp³-hybridized carbons (Fsp3) is 0.400. The first-order valence-electron chi connectivity index (χ1n) is 9.24. The number of anilines is 1. The van der Waals surface area contributed by atoms with Gasteiger partial charge in [-0.15, -0.1) is 0 Å². The molecule has 0 radical (unpaired) electrons. The Labute approximate surface area is 161 Å². The summed E-state index contributed by atoms with van der Waals surface area (Å²) in [6, 6.07) is 3.38. The fourth-order valence-electron chi connectivity index (χ4n) is 3.80. The van der Waals surface area contributed by atoms with E-state index in [0.717, 1.165) is 40.4 Å². The molecular weight excluding hydrogens is 360 g/mol. The molecule has 1 aromatic carbocycles. The number of carbonyl (C=O) groups is 2. The summed E-state index contributed by atoms with van der Waals surface area (Å²) in [7, 11) is 0. The summed E-state index contributed by atoms with van der Waals surface area (Å²) in [6.07, 6.45) is 5.13. The Balaban J connectivity index is 1.43. The first-order valence-corrected chi connectivity index (χ1v) is 9.24. The van der Waals surface area contributed by atoms with E-state index in [1.54, 1.807) is 13.8 Å². The summed E-state index contributed by atoms with van der Waals surface area (Å²) in [5.41, 5.74) is 1.31. The molecule has 1 N–H and O–H groups in total. The summed E-state index contributed by atoms with van der Waals surface area (Å²) in [4.78, 5) is 33.7. The third-order valence-corrected chi connectivity index (χ3v) is 5.60. The molecule has 1 saturated carbocycles. The van der Waals surface area contributed by atoms with E-state index in [9.17, 15) is 9.59 Å². The molecular formula is C20H20N4O4. The molecule has 8 heteroatoms. The minimum Gasteiger partial charge on any atom is -0.492 e. The first kappa shape index (κ1) is 17.0. The van der Waals surface area contributed by atoms with E-state index < -0.39 is 17.5 Å². The predicted molar refractivity (Wildman–Crippen MR) is 99.8 cm³/mol. The number of aromatic nitrogens is 2. The van der Waals surface area contributed by atoms with Gasteiger partial charge in [0.05, 0.1) is 19.0 Å². The van der Waals surface area contributed by atoms with Crippen LogP contribution in [-0.2, 0) is 10.2 Å². The predicted octanol–water partition coefficient (Wildman–Crippen LogP) is 2.84. The number of amides is 3. The molecule has 1 aromatic heterocycles. The second kappa shape index (κ2) is 5.43. The van der Waals surface area contributed by atoms with E-state index in [1.165, 1.54) is 12.4 Å². The van der Waals surface area contributed by atoms with Crippen LogP contribution >= 0.6 is 0 Å². The van der Waals surface area contributed by atoms with Crippen molar-refractivity contribution in [3.63, 3.8) is 0 Å². The molecule has 28 heavy (non-hydrogen) atoms. The van der Waals surface area contributed by atoms with Crippen molar-refractivity contribution >= 4 is 17.9 Å². The monoisotopic (exact) mass is 380 g/mol. The van der Waals surface area contributed by atoms with Crippen LogP contribution in [0.15, 0.2) is 24.5 Å². The van der Waals surface area contributed by atoms with E-state index in [1.807, 2.05) is 19.1 Å². The molecule has 0 bridgehead atoms. The molecule has 1 spiro atoms. The molecule has 2 aliphatic heterocycles. The van der Waals surface area contributed by atoms with Crippen molar-refractivity contribution in [1.82, 2.24) is 15.3 Å². The van der Waals surface area contributed by atoms with E-state index in [-0.39, 0.29) is 11.4 Å². The number of urea groups is 1. The molecule has 144 valence electrons. The highest BCUT2D eigenvalue weighted by atomic mass is 16.5. The normalized spacial score (nSPS) is 20.8. The van der Waals surface area contributed by atoms with Gasteiger partial charge in [-0.3, -0.25) is 4.79 Å². The highest BCUT2D eigenvalue weighted by Gasteiger charge is 2.53. The largest absolute Gasteiger partial charge is 0.492 e. The van der Waals surface area contributed by atoms with Crippen LogP contribution in [0.25, 0.3) is 0 Å². The maximum atomic E-state index is 12.4. The van der Waals surface area contributed by atoms with Crippen molar-refractivity contribution in [3.8, 4) is 17.2 Å².